The number of aryl methyl sites for hydroxylation is 1. The van der Waals surface area contributed by atoms with Gasteiger partial charge in [0.1, 0.15) is 11.6 Å². The van der Waals surface area contributed by atoms with Crippen molar-refractivity contribution in [1.29, 1.82) is 5.26 Å². The SMILES string of the molecule is Cc1ccc2[nH]ncc2c1-c1nc(N2CCCC2)nc(N2CCC3(CN(C(=O)CCS)C3)C2)c1C#N. The molecule has 1 aromatic carbocycles. The summed E-state index contributed by atoms with van der Waals surface area (Å²) in [6.45, 7) is 7.03. The molecule has 2 aromatic heterocycles. The number of hydrogen-bond donors (Lipinski definition) is 2. The third kappa shape index (κ3) is 3.77. The van der Waals surface area contributed by atoms with Crippen LogP contribution in [0.3, 0.4) is 0 Å². The van der Waals surface area contributed by atoms with Gasteiger partial charge in [-0.05, 0) is 43.6 Å². The standard InChI is InChI=1S/C26H30N8OS/c1-17-4-5-20-19(13-28-31-20)22(17)23-18(12-27)24(30-25(29-23)32-8-2-3-9-32)33-10-7-26(14-33)15-34(16-26)21(35)6-11-36/h4-5,13,36H,2-3,6-11,14-16H2,1H3,(H,28,31). The Kier molecular flexibility index (Phi) is 5.75. The molecule has 0 aliphatic carbocycles. The van der Waals surface area contributed by atoms with Gasteiger partial charge in [0, 0.05) is 62.1 Å². The Morgan fingerprint density at radius 3 is 2.72 bits per heavy atom. The number of nitrogens with one attached hydrogen (secondary N) is 1. The fraction of sp³-hybridized carbons (Fsp3) is 0.500. The van der Waals surface area contributed by atoms with Crippen molar-refractivity contribution in [1.82, 2.24) is 25.1 Å². The molecular weight excluding hydrogens is 472 g/mol. The first-order valence-corrected chi connectivity index (χ1v) is 13.3. The van der Waals surface area contributed by atoms with Crippen molar-refractivity contribution in [3.63, 3.8) is 0 Å². The van der Waals surface area contributed by atoms with Gasteiger partial charge in [0.25, 0.3) is 0 Å². The maximum absolute atomic E-state index is 12.3. The molecule has 10 heteroatoms. The number of aromatic nitrogens is 4. The lowest BCUT2D eigenvalue weighted by Gasteiger charge is -2.48. The van der Waals surface area contributed by atoms with Crippen molar-refractivity contribution in [2.45, 2.75) is 32.6 Å². The van der Waals surface area contributed by atoms with Crippen molar-refractivity contribution >= 4 is 41.2 Å². The average molecular weight is 503 g/mol. The molecule has 36 heavy (non-hydrogen) atoms. The molecule has 0 radical (unpaired) electrons. The van der Waals surface area contributed by atoms with Crippen molar-refractivity contribution in [3.05, 3.63) is 29.5 Å². The molecule has 0 atom stereocenters. The van der Waals surface area contributed by atoms with Gasteiger partial charge < -0.3 is 14.7 Å². The molecule has 3 saturated heterocycles. The summed E-state index contributed by atoms with van der Waals surface area (Å²) >= 11 is 4.20. The predicted molar refractivity (Wildman–Crippen MR) is 142 cm³/mol. The fourth-order valence-electron chi connectivity index (χ4n) is 6.02. The number of nitriles is 1. The monoisotopic (exact) mass is 502 g/mol. The van der Waals surface area contributed by atoms with Crippen LogP contribution in [-0.4, -0.2) is 76.0 Å². The molecule has 1 amide bonds. The number of anilines is 2. The van der Waals surface area contributed by atoms with E-state index in [4.69, 9.17) is 9.97 Å². The largest absolute Gasteiger partial charge is 0.355 e. The van der Waals surface area contributed by atoms with Crippen LogP contribution in [0, 0.1) is 23.7 Å². The first-order chi connectivity index (χ1) is 17.5. The summed E-state index contributed by atoms with van der Waals surface area (Å²) in [5, 5.41) is 18.7. The van der Waals surface area contributed by atoms with E-state index in [1.165, 1.54) is 0 Å². The van der Waals surface area contributed by atoms with Gasteiger partial charge in [0.2, 0.25) is 11.9 Å². The Morgan fingerprint density at radius 1 is 1.17 bits per heavy atom. The van der Waals surface area contributed by atoms with E-state index in [-0.39, 0.29) is 11.3 Å². The number of rotatable bonds is 5. The molecule has 3 aliphatic rings. The molecule has 5 heterocycles. The summed E-state index contributed by atoms with van der Waals surface area (Å²) in [5.74, 6) is 2.15. The van der Waals surface area contributed by atoms with Crippen molar-refractivity contribution < 1.29 is 4.79 Å². The Morgan fingerprint density at radius 2 is 1.97 bits per heavy atom. The molecule has 0 unspecified atom stereocenters. The second-order valence-corrected chi connectivity index (χ2v) is 10.8. The van der Waals surface area contributed by atoms with Crippen LogP contribution in [0.4, 0.5) is 11.8 Å². The Bertz CT molecular complexity index is 1370. The molecule has 1 spiro atoms. The fourth-order valence-corrected chi connectivity index (χ4v) is 6.21. The highest BCUT2D eigenvalue weighted by Gasteiger charge is 2.49. The lowest BCUT2D eigenvalue weighted by Crippen LogP contribution is -2.59. The Hall–Kier alpha value is -3.32. The summed E-state index contributed by atoms with van der Waals surface area (Å²) in [6.07, 6.45) is 5.51. The van der Waals surface area contributed by atoms with E-state index in [0.717, 1.165) is 80.6 Å². The third-order valence-corrected chi connectivity index (χ3v) is 8.14. The van der Waals surface area contributed by atoms with Gasteiger partial charge in [0.15, 0.2) is 5.82 Å². The summed E-state index contributed by atoms with van der Waals surface area (Å²) < 4.78 is 0. The molecule has 3 fully saturated rings. The first-order valence-electron chi connectivity index (χ1n) is 12.7. The average Bonchev–Trinajstić information content (AvgIpc) is 3.63. The maximum Gasteiger partial charge on any atom is 0.227 e. The van der Waals surface area contributed by atoms with Crippen LogP contribution in [0.5, 0.6) is 0 Å². The maximum atomic E-state index is 12.3. The minimum absolute atomic E-state index is 0.0679. The molecule has 1 N–H and O–H groups in total. The van der Waals surface area contributed by atoms with Gasteiger partial charge in [-0.15, -0.1) is 0 Å². The highest BCUT2D eigenvalue weighted by atomic mass is 32.1. The van der Waals surface area contributed by atoms with Crippen LogP contribution >= 0.6 is 12.6 Å². The van der Waals surface area contributed by atoms with Crippen LogP contribution in [0.2, 0.25) is 0 Å². The van der Waals surface area contributed by atoms with Crippen molar-refractivity contribution in [3.8, 4) is 17.3 Å². The highest BCUT2D eigenvalue weighted by Crippen LogP contribution is 2.43. The number of benzene rings is 1. The number of thiol groups is 1. The molecule has 0 saturated carbocycles. The quantitative estimate of drug-likeness (QED) is 0.517. The summed E-state index contributed by atoms with van der Waals surface area (Å²) in [6, 6.07) is 6.52. The van der Waals surface area contributed by atoms with Crippen LogP contribution in [0.1, 0.15) is 36.8 Å². The van der Waals surface area contributed by atoms with E-state index in [0.29, 0.717) is 35.2 Å². The van der Waals surface area contributed by atoms with E-state index in [1.54, 1.807) is 0 Å². The van der Waals surface area contributed by atoms with Crippen molar-refractivity contribution in [2.75, 3.05) is 54.8 Å². The molecule has 186 valence electrons. The van der Waals surface area contributed by atoms with Gasteiger partial charge in [-0.2, -0.15) is 28.0 Å². The summed E-state index contributed by atoms with van der Waals surface area (Å²) in [7, 11) is 0. The number of carbonyl (C=O) groups is 1. The van der Waals surface area contributed by atoms with E-state index in [1.807, 2.05) is 23.2 Å². The zero-order valence-electron chi connectivity index (χ0n) is 20.5. The normalized spacial score (nSPS) is 18.8. The van der Waals surface area contributed by atoms with Crippen molar-refractivity contribution in [2.24, 2.45) is 5.41 Å². The lowest BCUT2D eigenvalue weighted by atomic mass is 9.79. The predicted octanol–water partition coefficient (Wildman–Crippen LogP) is 3.16. The van der Waals surface area contributed by atoms with Crippen LogP contribution in [0.25, 0.3) is 22.2 Å². The van der Waals surface area contributed by atoms with E-state index in [2.05, 4.69) is 45.6 Å². The second kappa shape index (κ2) is 8.96. The zero-order chi connectivity index (χ0) is 24.9. The number of nitrogens with zero attached hydrogens (tertiary/aromatic N) is 7. The molecule has 0 bridgehead atoms. The minimum Gasteiger partial charge on any atom is -0.355 e. The highest BCUT2D eigenvalue weighted by molar-refractivity contribution is 7.80. The van der Waals surface area contributed by atoms with E-state index < -0.39 is 0 Å². The van der Waals surface area contributed by atoms with Crippen LogP contribution in [-0.2, 0) is 4.79 Å². The minimum atomic E-state index is 0.0679. The zero-order valence-corrected chi connectivity index (χ0v) is 21.4. The number of likely N-dealkylation sites (tertiary alicyclic amines) is 1. The molecular formula is C26H30N8OS. The Balaban J connectivity index is 1.41. The molecule has 6 rings (SSSR count). The Labute approximate surface area is 215 Å². The van der Waals surface area contributed by atoms with Gasteiger partial charge >= 0.3 is 0 Å². The van der Waals surface area contributed by atoms with Crippen LogP contribution < -0.4 is 9.80 Å². The summed E-state index contributed by atoms with van der Waals surface area (Å²) in [5.41, 5.74) is 4.15. The first kappa shape index (κ1) is 23.1. The number of fused-ring (bicyclic) bond motifs is 1. The van der Waals surface area contributed by atoms with Gasteiger partial charge in [0.05, 0.1) is 17.4 Å². The van der Waals surface area contributed by atoms with Gasteiger partial charge in [-0.3, -0.25) is 9.89 Å². The van der Waals surface area contributed by atoms with E-state index in [9.17, 15) is 10.1 Å². The molecule has 3 aromatic rings. The number of amides is 1. The number of H-pyrrole nitrogens is 1. The third-order valence-electron chi connectivity index (χ3n) is 7.92. The summed E-state index contributed by atoms with van der Waals surface area (Å²) in [4.78, 5) is 28.7. The van der Waals surface area contributed by atoms with Gasteiger partial charge in [-0.1, -0.05) is 6.07 Å². The topological polar surface area (TPSA) is 105 Å². The van der Waals surface area contributed by atoms with Crippen LogP contribution in [0.15, 0.2) is 18.3 Å². The molecule has 3 aliphatic heterocycles. The number of carbonyl (C=O) groups excluding carboxylic acids is 1. The second-order valence-electron chi connectivity index (χ2n) is 10.4. The number of aromatic amines is 1. The lowest BCUT2D eigenvalue weighted by molar-refractivity contribution is -0.141. The number of hydrogen-bond acceptors (Lipinski definition) is 8. The van der Waals surface area contributed by atoms with E-state index >= 15 is 0 Å². The molecule has 9 nitrogen and oxygen atoms in total. The smallest absolute Gasteiger partial charge is 0.227 e. The van der Waals surface area contributed by atoms with Gasteiger partial charge in [-0.25, -0.2) is 4.98 Å².